The van der Waals surface area contributed by atoms with Gasteiger partial charge in [-0.3, -0.25) is 4.68 Å². The van der Waals surface area contributed by atoms with Gasteiger partial charge in [0, 0.05) is 29.3 Å². The summed E-state index contributed by atoms with van der Waals surface area (Å²) in [5.74, 6) is 0. The van der Waals surface area contributed by atoms with E-state index in [4.69, 9.17) is 0 Å². The van der Waals surface area contributed by atoms with E-state index in [-0.39, 0.29) is 0 Å². The normalized spacial score (nSPS) is 14.2. The van der Waals surface area contributed by atoms with E-state index in [1.165, 1.54) is 5.56 Å². The summed E-state index contributed by atoms with van der Waals surface area (Å²) in [6, 6.07) is 11.3. The van der Waals surface area contributed by atoms with Gasteiger partial charge in [-0.1, -0.05) is 35.0 Å². The molecule has 0 bridgehead atoms. The molecule has 1 aromatic carbocycles. The topological polar surface area (TPSA) is 29.9 Å². The predicted molar refractivity (Wildman–Crippen MR) is 86.6 cm³/mol. The highest BCUT2D eigenvalue weighted by Crippen LogP contribution is 2.18. The summed E-state index contributed by atoms with van der Waals surface area (Å²) < 4.78 is 3.16. The van der Waals surface area contributed by atoms with Crippen LogP contribution in [-0.2, 0) is 6.54 Å². The number of nitrogens with zero attached hydrogens (tertiary/aromatic N) is 2. The van der Waals surface area contributed by atoms with Crippen molar-refractivity contribution in [1.82, 2.24) is 15.1 Å². The van der Waals surface area contributed by atoms with Crippen molar-refractivity contribution in [3.8, 4) is 0 Å². The Bertz CT molecular complexity index is 550. The second-order valence-electron chi connectivity index (χ2n) is 5.20. The number of halogens is 1. The maximum Gasteiger partial charge on any atom is 0.0762 e. The number of rotatable bonds is 6. The zero-order valence-corrected chi connectivity index (χ0v) is 13.9. The Morgan fingerprint density at radius 2 is 2.10 bits per heavy atom. The molecule has 2 rings (SSSR count). The van der Waals surface area contributed by atoms with E-state index in [9.17, 15) is 0 Å². The SMILES string of the molecule is CCC(C)n1ccc(CN[C@H](C)c2cccc(Br)c2)n1. The van der Waals surface area contributed by atoms with Crippen LogP contribution in [0.2, 0.25) is 0 Å². The summed E-state index contributed by atoms with van der Waals surface area (Å²) in [6.45, 7) is 7.33. The second kappa shape index (κ2) is 7.04. The molecule has 1 N–H and O–H groups in total. The molecule has 0 saturated carbocycles. The van der Waals surface area contributed by atoms with Crippen molar-refractivity contribution < 1.29 is 0 Å². The molecule has 2 aromatic rings. The van der Waals surface area contributed by atoms with Crippen molar-refractivity contribution >= 4 is 15.9 Å². The molecule has 3 nitrogen and oxygen atoms in total. The molecule has 0 amide bonds. The smallest absolute Gasteiger partial charge is 0.0762 e. The van der Waals surface area contributed by atoms with Crippen LogP contribution in [0, 0.1) is 0 Å². The van der Waals surface area contributed by atoms with E-state index in [2.05, 4.69) is 77.6 Å². The van der Waals surface area contributed by atoms with Crippen molar-refractivity contribution in [1.29, 1.82) is 0 Å². The summed E-state index contributed by atoms with van der Waals surface area (Å²) in [4.78, 5) is 0. The third-order valence-electron chi connectivity index (χ3n) is 3.64. The highest BCUT2D eigenvalue weighted by molar-refractivity contribution is 9.10. The lowest BCUT2D eigenvalue weighted by atomic mass is 10.1. The van der Waals surface area contributed by atoms with Crippen LogP contribution < -0.4 is 5.32 Å². The Kier molecular flexibility index (Phi) is 5.38. The van der Waals surface area contributed by atoms with E-state index in [0.717, 1.165) is 23.1 Å². The van der Waals surface area contributed by atoms with Gasteiger partial charge in [0.05, 0.1) is 5.69 Å². The molecule has 0 spiro atoms. The molecule has 1 aromatic heterocycles. The molecule has 0 aliphatic rings. The number of aromatic nitrogens is 2. The first-order valence-electron chi connectivity index (χ1n) is 7.13. The minimum atomic E-state index is 0.307. The van der Waals surface area contributed by atoms with Crippen LogP contribution in [0.4, 0.5) is 0 Å². The molecule has 20 heavy (non-hydrogen) atoms. The summed E-state index contributed by atoms with van der Waals surface area (Å²) in [5.41, 5.74) is 2.37. The van der Waals surface area contributed by atoms with Crippen molar-refractivity contribution in [2.24, 2.45) is 0 Å². The standard InChI is InChI=1S/C16H22BrN3/c1-4-12(2)20-9-8-16(19-20)11-18-13(3)14-6-5-7-15(17)10-14/h5-10,12-13,18H,4,11H2,1-3H3/t12?,13-/m1/s1. The van der Waals surface area contributed by atoms with Crippen LogP contribution in [-0.4, -0.2) is 9.78 Å². The number of hydrogen-bond acceptors (Lipinski definition) is 2. The average Bonchev–Trinajstić information content (AvgIpc) is 2.92. The summed E-state index contributed by atoms with van der Waals surface area (Å²) in [5, 5.41) is 8.13. The van der Waals surface area contributed by atoms with E-state index in [1.807, 2.05) is 10.7 Å². The fraction of sp³-hybridized carbons (Fsp3) is 0.438. The van der Waals surface area contributed by atoms with Crippen LogP contribution in [0.3, 0.4) is 0 Å². The Hall–Kier alpha value is -1.13. The zero-order chi connectivity index (χ0) is 14.5. The molecule has 0 aliphatic carbocycles. The van der Waals surface area contributed by atoms with E-state index in [1.54, 1.807) is 0 Å². The Labute approximate surface area is 129 Å². The summed E-state index contributed by atoms with van der Waals surface area (Å²) >= 11 is 3.51. The minimum absolute atomic E-state index is 0.307. The molecule has 2 atom stereocenters. The van der Waals surface area contributed by atoms with Crippen molar-refractivity contribution in [3.63, 3.8) is 0 Å². The van der Waals surface area contributed by atoms with Gasteiger partial charge in [-0.2, -0.15) is 5.10 Å². The fourth-order valence-electron chi connectivity index (χ4n) is 2.06. The molecule has 1 heterocycles. The molecule has 0 fully saturated rings. The van der Waals surface area contributed by atoms with Gasteiger partial charge < -0.3 is 5.32 Å². The van der Waals surface area contributed by atoms with E-state index >= 15 is 0 Å². The predicted octanol–water partition coefficient (Wildman–Crippen LogP) is 4.47. The first-order chi connectivity index (χ1) is 9.60. The van der Waals surface area contributed by atoms with Crippen LogP contribution in [0.25, 0.3) is 0 Å². The molecular formula is C16H22BrN3. The van der Waals surface area contributed by atoms with Crippen LogP contribution in [0.5, 0.6) is 0 Å². The zero-order valence-electron chi connectivity index (χ0n) is 12.3. The van der Waals surface area contributed by atoms with Gasteiger partial charge in [-0.25, -0.2) is 0 Å². The monoisotopic (exact) mass is 335 g/mol. The first kappa shape index (κ1) is 15.3. The maximum atomic E-state index is 4.61. The molecule has 0 saturated heterocycles. The molecule has 0 aliphatic heterocycles. The third-order valence-corrected chi connectivity index (χ3v) is 4.14. The Balaban J connectivity index is 1.93. The van der Waals surface area contributed by atoms with Crippen LogP contribution in [0.1, 0.15) is 50.5 Å². The fourth-order valence-corrected chi connectivity index (χ4v) is 2.47. The van der Waals surface area contributed by atoms with Crippen LogP contribution in [0.15, 0.2) is 41.0 Å². The van der Waals surface area contributed by atoms with Crippen molar-refractivity contribution in [2.75, 3.05) is 0 Å². The molecule has 0 radical (unpaired) electrons. The van der Waals surface area contributed by atoms with Gasteiger partial charge in [-0.05, 0) is 44.0 Å². The van der Waals surface area contributed by atoms with Crippen LogP contribution >= 0.6 is 15.9 Å². The lowest BCUT2D eigenvalue weighted by Crippen LogP contribution is -2.18. The van der Waals surface area contributed by atoms with Gasteiger partial charge >= 0.3 is 0 Å². The van der Waals surface area contributed by atoms with Gasteiger partial charge in [-0.15, -0.1) is 0 Å². The van der Waals surface area contributed by atoms with E-state index in [0.29, 0.717) is 12.1 Å². The highest BCUT2D eigenvalue weighted by Gasteiger charge is 2.08. The quantitative estimate of drug-likeness (QED) is 0.844. The third kappa shape index (κ3) is 3.93. The van der Waals surface area contributed by atoms with Gasteiger partial charge in [0.25, 0.3) is 0 Å². The molecule has 108 valence electrons. The van der Waals surface area contributed by atoms with Crippen molar-refractivity contribution in [3.05, 3.63) is 52.3 Å². The summed E-state index contributed by atoms with van der Waals surface area (Å²) in [7, 11) is 0. The largest absolute Gasteiger partial charge is 0.304 e. The van der Waals surface area contributed by atoms with E-state index < -0.39 is 0 Å². The number of benzene rings is 1. The van der Waals surface area contributed by atoms with Gasteiger partial charge in [0.1, 0.15) is 0 Å². The van der Waals surface area contributed by atoms with Gasteiger partial charge in [0.2, 0.25) is 0 Å². The molecule has 4 heteroatoms. The lowest BCUT2D eigenvalue weighted by molar-refractivity contribution is 0.468. The second-order valence-corrected chi connectivity index (χ2v) is 6.12. The Morgan fingerprint density at radius 3 is 2.80 bits per heavy atom. The average molecular weight is 336 g/mol. The summed E-state index contributed by atoms with van der Waals surface area (Å²) in [6.07, 6.45) is 3.16. The van der Waals surface area contributed by atoms with Gasteiger partial charge in [0.15, 0.2) is 0 Å². The number of nitrogens with one attached hydrogen (secondary N) is 1. The Morgan fingerprint density at radius 1 is 1.30 bits per heavy atom. The maximum absolute atomic E-state index is 4.61. The molecular weight excluding hydrogens is 314 g/mol. The molecule has 1 unspecified atom stereocenters. The minimum Gasteiger partial charge on any atom is -0.304 e. The first-order valence-corrected chi connectivity index (χ1v) is 7.92. The lowest BCUT2D eigenvalue weighted by Gasteiger charge is -2.14. The highest BCUT2D eigenvalue weighted by atomic mass is 79.9. The van der Waals surface area contributed by atoms with Crippen molar-refractivity contribution in [2.45, 2.75) is 45.8 Å². The number of hydrogen-bond donors (Lipinski definition) is 1.